The Bertz CT molecular complexity index is 2620. The van der Waals surface area contributed by atoms with Crippen LogP contribution in [0.25, 0.3) is 21.5 Å². The van der Waals surface area contributed by atoms with Crippen molar-refractivity contribution in [3.8, 4) is 0 Å². The first kappa shape index (κ1) is 34.0. The number of nitrogens with zero attached hydrogens (tertiary/aromatic N) is 8. The van der Waals surface area contributed by atoms with Crippen LogP contribution in [0, 0.1) is 0 Å². The number of hydrogen-bond acceptors (Lipinski definition) is 6. The van der Waals surface area contributed by atoms with Gasteiger partial charge in [0.05, 0.1) is 0 Å². The van der Waals surface area contributed by atoms with Crippen molar-refractivity contribution in [3.63, 3.8) is 0 Å². The number of aliphatic imine (C=N–C) groups is 4. The summed E-state index contributed by atoms with van der Waals surface area (Å²) in [6.45, 7) is 0. The van der Waals surface area contributed by atoms with Gasteiger partial charge in [-0.2, -0.15) is 0 Å². The molecule has 6 bridgehead atoms. The van der Waals surface area contributed by atoms with Crippen LogP contribution in [0.1, 0.15) is 22.3 Å². The number of fused-ring (bicyclic) bond motifs is 14. The molecule has 0 radical (unpaired) electrons. The number of hydrogen-bond donors (Lipinski definition) is 0. The summed E-state index contributed by atoms with van der Waals surface area (Å²) in [6.07, 6.45) is 0. The third-order valence-electron chi connectivity index (χ3n) is 8.19. The van der Waals surface area contributed by atoms with E-state index < -0.39 is 26.2 Å². The first-order valence-electron chi connectivity index (χ1n) is 14.6. The molecule has 50 heavy (non-hydrogen) atoms. The number of halogens is 8. The molecule has 0 unspecified atom stereocenters. The van der Waals surface area contributed by atoms with E-state index >= 15 is 0 Å². The van der Waals surface area contributed by atoms with Crippen LogP contribution in [0.3, 0.4) is 0 Å². The molecule has 0 N–H and O–H groups in total. The topological polar surface area (TPSA) is 84.0 Å². The molecule has 2 aromatic heterocycles. The molecule has 0 amide bonds. The van der Waals surface area contributed by atoms with Gasteiger partial charge in [-0.1, -0.05) is 0 Å². The van der Waals surface area contributed by atoms with Crippen LogP contribution in [-0.2, 0) is 0 Å². The molecule has 8 nitrogen and oxygen atoms in total. The van der Waals surface area contributed by atoms with Crippen molar-refractivity contribution >= 4 is 153 Å². The van der Waals surface area contributed by atoms with Gasteiger partial charge in [-0.15, -0.1) is 0 Å². The van der Waals surface area contributed by atoms with E-state index in [4.69, 9.17) is 101 Å². The average Bonchev–Trinajstić information content (AvgIpc) is 3.76. The van der Waals surface area contributed by atoms with Crippen LogP contribution >= 0.6 is 70.6 Å². The van der Waals surface area contributed by atoms with Gasteiger partial charge in [0.2, 0.25) is 0 Å². The molecular weight excluding hydrogens is 1020 g/mol. The summed E-state index contributed by atoms with van der Waals surface area (Å²) in [5.74, 6) is 3.43. The molecule has 250 valence electrons. The zero-order valence-electron chi connectivity index (χ0n) is 24.7. The Kier molecular flexibility index (Phi) is 7.56. The Morgan fingerprint density at radius 2 is 0.700 bits per heavy atom. The molecule has 0 saturated carbocycles. The second kappa shape index (κ2) is 11.1. The molecule has 10 rings (SSSR count). The van der Waals surface area contributed by atoms with Gasteiger partial charge < -0.3 is 0 Å². The van der Waals surface area contributed by atoms with Crippen molar-refractivity contribution in [2.75, 3.05) is 0 Å². The van der Waals surface area contributed by atoms with E-state index in [9.17, 15) is 0 Å². The van der Waals surface area contributed by atoms with Crippen LogP contribution in [0.15, 0.2) is 127 Å². The quantitative estimate of drug-likeness (QED) is 0.136. The summed E-state index contributed by atoms with van der Waals surface area (Å²) < 4.78 is 3.90. The minimum atomic E-state index is -5.42. The molecule has 4 aromatic carbocycles. The standard InChI is InChI=1S/C32H16N8.8ClH.2Sb/c1-2-10-18-17(9-1)25-33-26(18)38-28-21-13-5-6-14-22(21)30(35-28)40-32-24-16-8-7-15-23(24)31(36-32)39-29-20-12-4-3-11-19(20)27(34-29)37-25;;;;;;;;;;/h1-16H;8*1H;;/q-2;;;;;;;;;2*+5/p-8. The molecule has 4 aliphatic rings. The van der Waals surface area contributed by atoms with E-state index in [-0.39, 0.29) is 0 Å². The summed E-state index contributed by atoms with van der Waals surface area (Å²) in [5, 5.41) is 3.50. The summed E-state index contributed by atoms with van der Waals surface area (Å²) in [6, 6.07) is 32.1. The van der Waals surface area contributed by atoms with Gasteiger partial charge in [0, 0.05) is 0 Å². The van der Waals surface area contributed by atoms with E-state index in [1.807, 2.05) is 103 Å². The molecule has 18 heteroatoms. The zero-order valence-corrected chi connectivity index (χ0v) is 35.9. The zero-order chi connectivity index (χ0) is 34.9. The Balaban J connectivity index is 0.000000439. The van der Waals surface area contributed by atoms with Gasteiger partial charge in [0.15, 0.2) is 0 Å². The third kappa shape index (κ3) is 5.93. The Morgan fingerprint density at radius 1 is 0.400 bits per heavy atom. The number of rotatable bonds is 0. The van der Waals surface area contributed by atoms with E-state index in [1.165, 1.54) is 0 Å². The molecule has 0 saturated heterocycles. The van der Waals surface area contributed by atoms with Crippen molar-refractivity contribution in [2.45, 2.75) is 0 Å². The second-order valence-corrected chi connectivity index (χ2v) is 80.7. The Morgan fingerprint density at radius 3 is 1.06 bits per heavy atom. The van der Waals surface area contributed by atoms with Crippen LogP contribution in [0.4, 0.5) is 11.6 Å². The summed E-state index contributed by atoms with van der Waals surface area (Å²) in [7, 11) is 40.6. The fourth-order valence-corrected chi connectivity index (χ4v) is 15.0. The van der Waals surface area contributed by atoms with Crippen LogP contribution < -0.4 is 11.0 Å². The van der Waals surface area contributed by atoms with Crippen molar-refractivity contribution in [2.24, 2.45) is 30.0 Å². The van der Waals surface area contributed by atoms with Crippen LogP contribution in [-0.4, -0.2) is 55.0 Å². The van der Waals surface area contributed by atoms with Crippen molar-refractivity contribution in [3.05, 3.63) is 130 Å². The number of benzene rings is 4. The Hall–Kier alpha value is -1.80. The normalized spacial score (nSPS) is 17.7. The molecule has 6 aromatic rings. The fourth-order valence-electron chi connectivity index (χ4n) is 6.31. The third-order valence-corrected chi connectivity index (χ3v) is 17.2. The maximum atomic E-state index is 7.84. The molecule has 0 atom stereocenters. The van der Waals surface area contributed by atoms with Gasteiger partial charge in [0.1, 0.15) is 0 Å². The minimum absolute atomic E-state index is 0.555. The van der Waals surface area contributed by atoms with Gasteiger partial charge in [-0.05, 0) is 0 Å². The number of aromatic nitrogens is 2. The van der Waals surface area contributed by atoms with Gasteiger partial charge in [-0.25, -0.2) is 0 Å². The summed E-state index contributed by atoms with van der Waals surface area (Å²) in [5.41, 5.74) is 4.79. The monoisotopic (exact) mass is 1030 g/mol. The van der Waals surface area contributed by atoms with E-state index in [0.717, 1.165) is 43.8 Å². The summed E-state index contributed by atoms with van der Waals surface area (Å²) in [4.78, 5) is 30.7. The molecular formula is C32H16Cl8N8Sb2. The molecule has 0 fully saturated rings. The SMILES string of the molecule is [Cl][Sb+]1([Cl])[n]2c3c4ccccc4c2N=C2N=C(N=c4c5ccccc5c([n]41)=NC1=NC(=N3)c3ccccc31)c1ccccc12.[Cl][Sb-]([Cl])([Cl])([Cl])([Cl])[Cl]. The van der Waals surface area contributed by atoms with E-state index in [1.54, 1.807) is 0 Å². The van der Waals surface area contributed by atoms with E-state index in [2.05, 4.69) is 0 Å². The molecule has 0 spiro atoms. The first-order valence-corrected chi connectivity index (χ1v) is 42.8. The number of amidine groups is 4. The average molecular weight is 1040 g/mol. The summed E-state index contributed by atoms with van der Waals surface area (Å²) >= 11 is -4.75. The van der Waals surface area contributed by atoms with Gasteiger partial charge >= 0.3 is 319 Å². The van der Waals surface area contributed by atoms with Gasteiger partial charge in [-0.3, -0.25) is 0 Å². The maximum absolute atomic E-state index is 7.84. The molecule has 6 heterocycles. The molecule has 4 aliphatic heterocycles. The van der Waals surface area contributed by atoms with Crippen molar-refractivity contribution in [1.29, 1.82) is 0 Å². The van der Waals surface area contributed by atoms with Crippen LogP contribution in [0.5, 0.6) is 0 Å². The van der Waals surface area contributed by atoms with Gasteiger partial charge in [0.25, 0.3) is 0 Å². The fraction of sp³-hybridized carbons (Fsp3) is 0. The van der Waals surface area contributed by atoms with Crippen molar-refractivity contribution in [1.82, 2.24) is 5.45 Å². The first-order chi connectivity index (χ1) is 23.5. The van der Waals surface area contributed by atoms with Crippen molar-refractivity contribution < 1.29 is 0 Å². The predicted octanol–water partition coefficient (Wildman–Crippen LogP) is 9.61. The Labute approximate surface area is 315 Å². The predicted molar refractivity (Wildman–Crippen MR) is 214 cm³/mol. The van der Waals surface area contributed by atoms with Crippen LogP contribution in [0.2, 0.25) is 0 Å². The van der Waals surface area contributed by atoms with E-state index in [0.29, 0.717) is 46.0 Å². The molecule has 0 aliphatic carbocycles. The second-order valence-electron chi connectivity index (χ2n) is 11.5.